The van der Waals surface area contributed by atoms with Crippen LogP contribution in [0.25, 0.3) is 0 Å². The molecule has 4 nitrogen and oxygen atoms in total. The molecule has 4 aliphatic rings. The van der Waals surface area contributed by atoms with Crippen molar-refractivity contribution >= 4 is 31.4 Å². The molecular weight excluding hydrogens is 497 g/mol. The minimum atomic E-state index is -0.637. The van der Waals surface area contributed by atoms with Crippen LogP contribution in [0.1, 0.15) is 62.8 Å². The Balaban J connectivity index is 1.22. The first-order valence-corrected chi connectivity index (χ1v) is 18.0. The van der Waals surface area contributed by atoms with Gasteiger partial charge in [0, 0.05) is 0 Å². The molecule has 5 heteroatoms. The average molecular weight is 538 g/mol. The van der Waals surface area contributed by atoms with Crippen LogP contribution in [0.4, 0.5) is 5.69 Å². The van der Waals surface area contributed by atoms with E-state index < -0.39 is 19.8 Å². The fraction of sp³-hybridized carbons (Fsp3) is 0.731. The summed E-state index contributed by atoms with van der Waals surface area (Å²) in [4.78, 5) is 23.7. The number of hydrogen-bond acceptors (Lipinski definition) is 3. The Kier molecular flexibility index (Phi) is 6.92. The van der Waals surface area contributed by atoms with E-state index in [2.05, 4.69) is 49.2 Å². The molecule has 2 unspecified atom stereocenters. The summed E-state index contributed by atoms with van der Waals surface area (Å²) in [7, 11) is 0. The number of likely N-dealkylation sites (tertiary alicyclic amines) is 1. The number of carbonyl (C=O) groups excluding carboxylic acids is 1. The van der Waals surface area contributed by atoms with Crippen molar-refractivity contribution in [2.75, 3.05) is 40.9 Å². The number of amides is 1. The van der Waals surface area contributed by atoms with E-state index in [1.165, 1.54) is 56.4 Å². The summed E-state index contributed by atoms with van der Waals surface area (Å²) in [6.45, 7) is 4.52. The van der Waals surface area contributed by atoms with Gasteiger partial charge >= 0.3 is 160 Å². The second-order valence-corrected chi connectivity index (χ2v) is 16.8. The van der Waals surface area contributed by atoms with E-state index in [1.807, 2.05) is 0 Å². The van der Waals surface area contributed by atoms with Crippen LogP contribution >= 0.6 is 19.8 Å². The zero-order chi connectivity index (χ0) is 21.4. The van der Waals surface area contributed by atoms with Crippen LogP contribution in [0.3, 0.4) is 0 Å². The molecule has 172 valence electrons. The standard InChI is InChI=1S/C26H40IN3O/c1-27(2)20-7-9-21(10-8-20)29-15-12-22(13-16-29)30-25-6-4-3-5-23(25)24(26(30)31)17-19-11-14-28-18-19/h3-6,19-22,24,28H,7-18H2,1-2H3. The predicted molar refractivity (Wildman–Crippen MR) is 139 cm³/mol. The summed E-state index contributed by atoms with van der Waals surface area (Å²) in [5.74, 6) is 1.11. The molecule has 1 aromatic rings. The van der Waals surface area contributed by atoms with Crippen molar-refractivity contribution in [3.8, 4) is 0 Å². The van der Waals surface area contributed by atoms with Crippen LogP contribution in [-0.2, 0) is 4.79 Å². The number of anilines is 1. The number of piperidine rings is 1. The number of nitrogens with zero attached hydrogens (tertiary/aromatic N) is 2. The molecule has 1 amide bonds. The third kappa shape index (κ3) is 4.56. The maximum absolute atomic E-state index is 13.6. The van der Waals surface area contributed by atoms with E-state index in [4.69, 9.17) is 0 Å². The Morgan fingerprint density at radius 3 is 2.39 bits per heavy atom. The number of fused-ring (bicyclic) bond motifs is 1. The van der Waals surface area contributed by atoms with Gasteiger partial charge in [-0.15, -0.1) is 0 Å². The van der Waals surface area contributed by atoms with Gasteiger partial charge in [0.1, 0.15) is 0 Å². The Bertz CT molecular complexity index is 762. The van der Waals surface area contributed by atoms with Gasteiger partial charge in [0.25, 0.3) is 0 Å². The third-order valence-corrected chi connectivity index (χ3v) is 13.2. The molecular formula is C26H40IN3O. The van der Waals surface area contributed by atoms with Crippen molar-refractivity contribution in [3.63, 3.8) is 0 Å². The van der Waals surface area contributed by atoms with E-state index >= 15 is 0 Å². The number of carbonyl (C=O) groups is 1. The third-order valence-electron chi connectivity index (χ3n) is 8.46. The topological polar surface area (TPSA) is 35.6 Å². The molecule has 3 heterocycles. The Labute approximate surface area is 195 Å². The van der Waals surface area contributed by atoms with Gasteiger partial charge < -0.3 is 5.32 Å². The number of benzene rings is 1. The van der Waals surface area contributed by atoms with E-state index in [1.54, 1.807) is 0 Å². The van der Waals surface area contributed by atoms with Gasteiger partial charge in [0.05, 0.1) is 0 Å². The summed E-state index contributed by atoms with van der Waals surface area (Å²) < 4.78 is 1.09. The van der Waals surface area contributed by atoms with Gasteiger partial charge in [-0.1, -0.05) is 6.07 Å². The molecule has 2 atom stereocenters. The molecule has 2 saturated heterocycles. The molecule has 1 N–H and O–H groups in total. The van der Waals surface area contributed by atoms with Crippen LogP contribution in [0, 0.1) is 5.92 Å². The van der Waals surface area contributed by atoms with Crippen LogP contribution in [0.15, 0.2) is 24.3 Å². The second-order valence-electron chi connectivity index (χ2n) is 10.4. The summed E-state index contributed by atoms with van der Waals surface area (Å²) in [5, 5.41) is 3.48. The van der Waals surface area contributed by atoms with Gasteiger partial charge in [-0.2, -0.15) is 0 Å². The molecule has 0 aromatic heterocycles. The maximum atomic E-state index is 13.6. The molecule has 1 aliphatic carbocycles. The van der Waals surface area contributed by atoms with E-state index in [0.29, 0.717) is 17.9 Å². The van der Waals surface area contributed by atoms with Gasteiger partial charge in [0.15, 0.2) is 0 Å². The summed E-state index contributed by atoms with van der Waals surface area (Å²) in [6, 6.07) is 9.84. The monoisotopic (exact) mass is 537 g/mol. The Morgan fingerprint density at radius 2 is 1.71 bits per heavy atom. The van der Waals surface area contributed by atoms with Crippen molar-refractivity contribution in [2.45, 2.75) is 73.3 Å². The van der Waals surface area contributed by atoms with Crippen LogP contribution in [-0.4, -0.2) is 62.9 Å². The van der Waals surface area contributed by atoms with Crippen LogP contribution in [0.5, 0.6) is 0 Å². The first-order valence-electron chi connectivity index (χ1n) is 12.5. The number of para-hydroxylation sites is 1. The van der Waals surface area contributed by atoms with Crippen LogP contribution in [0.2, 0.25) is 0 Å². The first-order chi connectivity index (χ1) is 15.1. The SMILES string of the molecule is CI(C)C1CCC(N2CCC(N3C(=O)C(CC4CCNC4)c4ccccc43)CC2)CC1. The molecule has 0 radical (unpaired) electrons. The molecule has 0 bridgehead atoms. The normalized spacial score (nSPS) is 33.0. The minimum absolute atomic E-state index is 0.0788. The average Bonchev–Trinajstić information content (AvgIpc) is 3.41. The number of alkyl halides is 3. The van der Waals surface area contributed by atoms with Gasteiger partial charge in [-0.05, 0) is 25.4 Å². The van der Waals surface area contributed by atoms with E-state index in [0.717, 1.165) is 42.3 Å². The summed E-state index contributed by atoms with van der Waals surface area (Å²) in [6.07, 6.45) is 10.3. The van der Waals surface area contributed by atoms with Crippen molar-refractivity contribution < 1.29 is 4.79 Å². The second kappa shape index (κ2) is 9.68. The molecule has 0 spiro atoms. The zero-order valence-corrected chi connectivity index (χ0v) is 21.5. The quantitative estimate of drug-likeness (QED) is 0.439. The molecule has 1 saturated carbocycles. The molecule has 31 heavy (non-hydrogen) atoms. The summed E-state index contributed by atoms with van der Waals surface area (Å²) >= 11 is -0.637. The fourth-order valence-electron chi connectivity index (χ4n) is 6.62. The number of nitrogens with one attached hydrogen (secondary N) is 1. The number of halogens is 1. The van der Waals surface area contributed by atoms with Crippen LogP contribution < -0.4 is 10.2 Å². The van der Waals surface area contributed by atoms with E-state index in [-0.39, 0.29) is 5.92 Å². The van der Waals surface area contributed by atoms with E-state index in [9.17, 15) is 4.79 Å². The van der Waals surface area contributed by atoms with Crippen molar-refractivity contribution in [3.05, 3.63) is 29.8 Å². The Morgan fingerprint density at radius 1 is 0.968 bits per heavy atom. The van der Waals surface area contributed by atoms with Gasteiger partial charge in [-0.25, -0.2) is 0 Å². The fourth-order valence-corrected chi connectivity index (χ4v) is 9.83. The summed E-state index contributed by atoms with van der Waals surface area (Å²) in [5.41, 5.74) is 2.50. The first kappa shape index (κ1) is 22.1. The van der Waals surface area contributed by atoms with Crippen molar-refractivity contribution in [1.82, 2.24) is 10.2 Å². The Hall–Kier alpha value is -0.660. The van der Waals surface area contributed by atoms with Crippen molar-refractivity contribution in [2.24, 2.45) is 5.92 Å². The zero-order valence-electron chi connectivity index (χ0n) is 19.4. The molecule has 3 fully saturated rings. The molecule has 3 aliphatic heterocycles. The molecule has 1 aromatic carbocycles. The molecule has 5 rings (SSSR count). The van der Waals surface area contributed by atoms with Gasteiger partial charge in [-0.3, -0.25) is 0 Å². The number of rotatable bonds is 5. The predicted octanol–water partition coefficient (Wildman–Crippen LogP) is 4.66. The van der Waals surface area contributed by atoms with Gasteiger partial charge in [0.2, 0.25) is 0 Å². The van der Waals surface area contributed by atoms with Crippen molar-refractivity contribution in [1.29, 1.82) is 0 Å². The number of hydrogen-bond donors (Lipinski definition) is 1.